The molecule has 1 aromatic carbocycles. The van der Waals surface area contributed by atoms with Crippen LogP contribution in [0, 0.1) is 6.07 Å². The summed E-state index contributed by atoms with van der Waals surface area (Å²) in [4.78, 5) is 0. The van der Waals surface area contributed by atoms with E-state index in [-0.39, 0.29) is 0 Å². The number of fused-ring (bicyclic) bond motifs is 1. The molecule has 0 saturated carbocycles. The molecular formula is C10H12N3. The summed E-state index contributed by atoms with van der Waals surface area (Å²) in [6.07, 6.45) is 0. The summed E-state index contributed by atoms with van der Waals surface area (Å²) in [6.45, 7) is 4.18. The summed E-state index contributed by atoms with van der Waals surface area (Å²) in [5.74, 6) is 0.904. The van der Waals surface area contributed by atoms with Gasteiger partial charge in [0.2, 0.25) is 0 Å². The Balaban J connectivity index is 2.46. The van der Waals surface area contributed by atoms with Crippen LogP contribution in [0.25, 0.3) is 10.9 Å². The minimum absolute atomic E-state index is 0.395. The highest BCUT2D eigenvalue weighted by atomic mass is 15.2. The maximum Gasteiger partial charge on any atom is 0.155 e. The van der Waals surface area contributed by atoms with Crippen molar-refractivity contribution in [3.8, 4) is 0 Å². The topological polar surface area (TPSA) is 40.7 Å². The first-order valence-electron chi connectivity index (χ1n) is 4.38. The number of nitrogens with one attached hydrogen (secondary N) is 2. The number of H-pyrrole nitrogens is 1. The molecule has 2 aromatic rings. The summed E-state index contributed by atoms with van der Waals surface area (Å²) in [7, 11) is 0. The Bertz CT molecular complexity index is 403. The van der Waals surface area contributed by atoms with E-state index in [9.17, 15) is 0 Å². The van der Waals surface area contributed by atoms with Gasteiger partial charge in [0, 0.05) is 11.4 Å². The average molecular weight is 174 g/mol. The van der Waals surface area contributed by atoms with E-state index in [1.807, 2.05) is 18.2 Å². The first kappa shape index (κ1) is 8.10. The molecule has 0 atom stereocenters. The number of rotatable bonds is 2. The highest BCUT2D eigenvalue weighted by molar-refractivity contribution is 5.89. The van der Waals surface area contributed by atoms with Gasteiger partial charge < -0.3 is 5.32 Å². The largest absolute Gasteiger partial charge is 0.366 e. The molecule has 3 nitrogen and oxygen atoms in total. The van der Waals surface area contributed by atoms with Gasteiger partial charge in [-0.3, -0.25) is 5.10 Å². The van der Waals surface area contributed by atoms with E-state index in [0.29, 0.717) is 6.04 Å². The van der Waals surface area contributed by atoms with Gasteiger partial charge in [0.25, 0.3) is 0 Å². The number of hydrogen-bond acceptors (Lipinski definition) is 2. The number of aromatic amines is 1. The van der Waals surface area contributed by atoms with Crippen LogP contribution in [0.3, 0.4) is 0 Å². The van der Waals surface area contributed by atoms with E-state index in [0.717, 1.165) is 16.7 Å². The third kappa shape index (κ3) is 1.49. The van der Waals surface area contributed by atoms with Crippen LogP contribution in [0.5, 0.6) is 0 Å². The molecule has 0 bridgehead atoms. The molecule has 67 valence electrons. The molecule has 0 aliphatic rings. The van der Waals surface area contributed by atoms with Crippen molar-refractivity contribution in [1.82, 2.24) is 10.2 Å². The Hall–Kier alpha value is -1.51. The predicted molar refractivity (Wildman–Crippen MR) is 53.7 cm³/mol. The van der Waals surface area contributed by atoms with Crippen LogP contribution in [0.1, 0.15) is 13.8 Å². The summed E-state index contributed by atoms with van der Waals surface area (Å²) in [6, 6.07) is 9.21. The van der Waals surface area contributed by atoms with Gasteiger partial charge >= 0.3 is 0 Å². The Kier molecular flexibility index (Phi) is 1.93. The number of hydrogen-bond donors (Lipinski definition) is 2. The lowest BCUT2D eigenvalue weighted by Crippen LogP contribution is -2.09. The van der Waals surface area contributed by atoms with E-state index in [4.69, 9.17) is 0 Å². The van der Waals surface area contributed by atoms with Crippen LogP contribution in [0.15, 0.2) is 18.2 Å². The van der Waals surface area contributed by atoms with Gasteiger partial charge in [-0.25, -0.2) is 0 Å². The van der Waals surface area contributed by atoms with Crippen molar-refractivity contribution in [2.75, 3.05) is 5.32 Å². The van der Waals surface area contributed by atoms with Crippen molar-refractivity contribution in [3.05, 3.63) is 24.3 Å². The number of anilines is 1. The lowest BCUT2D eigenvalue weighted by atomic mass is 10.2. The fourth-order valence-corrected chi connectivity index (χ4v) is 1.28. The summed E-state index contributed by atoms with van der Waals surface area (Å²) in [5.41, 5.74) is 1.04. The monoisotopic (exact) mass is 174 g/mol. The van der Waals surface area contributed by atoms with Crippen LogP contribution >= 0.6 is 0 Å². The Morgan fingerprint density at radius 3 is 3.15 bits per heavy atom. The summed E-state index contributed by atoms with van der Waals surface area (Å²) in [5, 5.41) is 11.5. The van der Waals surface area contributed by atoms with Gasteiger partial charge in [-0.15, -0.1) is 0 Å². The third-order valence-corrected chi connectivity index (χ3v) is 1.83. The highest BCUT2D eigenvalue weighted by Gasteiger charge is 2.04. The zero-order valence-electron chi connectivity index (χ0n) is 7.76. The molecule has 1 heterocycles. The minimum Gasteiger partial charge on any atom is -0.366 e. The number of aromatic nitrogens is 2. The van der Waals surface area contributed by atoms with Crippen LogP contribution in [0.2, 0.25) is 0 Å². The molecule has 2 N–H and O–H groups in total. The highest BCUT2D eigenvalue weighted by Crippen LogP contribution is 2.19. The molecule has 13 heavy (non-hydrogen) atoms. The van der Waals surface area contributed by atoms with Crippen molar-refractivity contribution in [2.45, 2.75) is 19.9 Å². The zero-order valence-corrected chi connectivity index (χ0v) is 7.76. The van der Waals surface area contributed by atoms with Gasteiger partial charge in [0.05, 0.1) is 5.52 Å². The quantitative estimate of drug-likeness (QED) is 0.732. The SMILES string of the molecule is CC(C)Nc1n[nH]c2cc[c]cc12. The maximum atomic E-state index is 4.18. The lowest BCUT2D eigenvalue weighted by Gasteiger charge is -2.05. The Labute approximate surface area is 77.2 Å². The van der Waals surface area contributed by atoms with E-state index >= 15 is 0 Å². The molecule has 0 aliphatic carbocycles. The number of benzene rings is 1. The molecule has 1 aromatic heterocycles. The van der Waals surface area contributed by atoms with Gasteiger partial charge in [0.1, 0.15) is 0 Å². The van der Waals surface area contributed by atoms with Crippen molar-refractivity contribution >= 4 is 16.7 Å². The van der Waals surface area contributed by atoms with E-state index in [1.165, 1.54) is 0 Å². The molecule has 3 heteroatoms. The normalized spacial score (nSPS) is 11.0. The van der Waals surface area contributed by atoms with Crippen LogP contribution in [0.4, 0.5) is 5.82 Å². The molecule has 1 radical (unpaired) electrons. The van der Waals surface area contributed by atoms with Gasteiger partial charge in [0.15, 0.2) is 5.82 Å². The Morgan fingerprint density at radius 1 is 1.54 bits per heavy atom. The molecule has 0 aliphatic heterocycles. The van der Waals surface area contributed by atoms with Crippen LogP contribution < -0.4 is 5.32 Å². The second-order valence-electron chi connectivity index (χ2n) is 3.34. The zero-order chi connectivity index (χ0) is 9.26. The third-order valence-electron chi connectivity index (χ3n) is 1.83. The van der Waals surface area contributed by atoms with Crippen LogP contribution in [-0.4, -0.2) is 16.2 Å². The fraction of sp³-hybridized carbons (Fsp3) is 0.300. The first-order valence-corrected chi connectivity index (χ1v) is 4.38. The van der Waals surface area contributed by atoms with E-state index in [2.05, 4.69) is 35.4 Å². The standard InChI is InChI=1S/C10H12N3/c1-7(2)11-10-8-5-3-4-6-9(8)12-13-10/h4-7H,1-2H3,(H2,11,12,13). The number of nitrogens with zero attached hydrogens (tertiary/aromatic N) is 1. The van der Waals surface area contributed by atoms with E-state index < -0.39 is 0 Å². The van der Waals surface area contributed by atoms with Gasteiger partial charge in [-0.2, -0.15) is 5.10 Å². The van der Waals surface area contributed by atoms with Crippen molar-refractivity contribution in [1.29, 1.82) is 0 Å². The first-order chi connectivity index (χ1) is 6.27. The van der Waals surface area contributed by atoms with Crippen molar-refractivity contribution < 1.29 is 0 Å². The van der Waals surface area contributed by atoms with Crippen LogP contribution in [-0.2, 0) is 0 Å². The maximum absolute atomic E-state index is 4.18. The minimum atomic E-state index is 0.395. The average Bonchev–Trinajstić information content (AvgIpc) is 2.48. The van der Waals surface area contributed by atoms with Gasteiger partial charge in [-0.1, -0.05) is 6.07 Å². The summed E-state index contributed by atoms with van der Waals surface area (Å²) >= 11 is 0. The summed E-state index contributed by atoms with van der Waals surface area (Å²) < 4.78 is 0. The predicted octanol–water partition coefficient (Wildman–Crippen LogP) is 2.18. The van der Waals surface area contributed by atoms with Crippen molar-refractivity contribution in [2.24, 2.45) is 0 Å². The van der Waals surface area contributed by atoms with Gasteiger partial charge in [-0.05, 0) is 32.0 Å². The second kappa shape index (κ2) is 3.09. The van der Waals surface area contributed by atoms with Crippen molar-refractivity contribution in [3.63, 3.8) is 0 Å². The van der Waals surface area contributed by atoms with E-state index in [1.54, 1.807) is 0 Å². The smallest absolute Gasteiger partial charge is 0.155 e. The molecule has 0 amide bonds. The molecule has 0 saturated heterocycles. The Morgan fingerprint density at radius 2 is 2.38 bits per heavy atom. The molecule has 2 rings (SSSR count). The molecular weight excluding hydrogens is 162 g/mol. The molecule has 0 fully saturated rings. The second-order valence-corrected chi connectivity index (χ2v) is 3.34. The fourth-order valence-electron chi connectivity index (χ4n) is 1.28. The molecule has 0 unspecified atom stereocenters. The lowest BCUT2D eigenvalue weighted by molar-refractivity contribution is 0.886. The molecule has 0 spiro atoms.